The van der Waals surface area contributed by atoms with Gasteiger partial charge in [0.1, 0.15) is 30.7 Å². The van der Waals surface area contributed by atoms with Gasteiger partial charge in [-0.1, -0.05) is 154 Å². The molecular formula is C60H131O12P37Si2. The molecule has 2 aromatic carbocycles. The Hall–Kier alpha value is 12.1. The van der Waals surface area contributed by atoms with Crippen molar-refractivity contribution >= 4 is 333 Å². The molecule has 1 N–H and O–H groups in total. The topological polar surface area (TPSA) is 145 Å². The van der Waals surface area contributed by atoms with Gasteiger partial charge in [0.2, 0.25) is 0 Å². The summed E-state index contributed by atoms with van der Waals surface area (Å²) in [5.41, 5.74) is 2.29. The molecule has 2 fully saturated rings. The lowest BCUT2D eigenvalue weighted by Gasteiger charge is -2.44. The van der Waals surface area contributed by atoms with E-state index >= 15 is 0 Å². The minimum absolute atomic E-state index is 0.00147. The number of hydrogen-bond donors (Lipinski definition) is 1. The number of esters is 2. The number of fused-ring (bicyclic) bond motifs is 2. The van der Waals surface area contributed by atoms with Gasteiger partial charge >= 0.3 is 11.9 Å². The summed E-state index contributed by atoms with van der Waals surface area (Å²) in [5.74, 6) is -0.883. The quantitative estimate of drug-likeness (QED) is 0.0252. The lowest BCUT2D eigenvalue weighted by atomic mass is 9.89. The van der Waals surface area contributed by atoms with Crippen molar-refractivity contribution in [2.75, 3.05) is 6.61 Å². The van der Waals surface area contributed by atoms with Crippen molar-refractivity contribution in [3.05, 3.63) is 119 Å². The van der Waals surface area contributed by atoms with E-state index < -0.39 is 52.6 Å². The van der Waals surface area contributed by atoms with E-state index in [1.807, 2.05) is 113 Å². The summed E-state index contributed by atoms with van der Waals surface area (Å²) in [6, 6.07) is 19.9. The molecule has 111 heavy (non-hydrogen) atoms. The summed E-state index contributed by atoms with van der Waals surface area (Å²) in [4.78, 5) is 37.6. The zero-order chi connectivity index (χ0) is 84.8. The Bertz CT molecular complexity index is 3170. The van der Waals surface area contributed by atoms with Gasteiger partial charge < -0.3 is 42.4 Å². The molecule has 2 aromatic rings. The number of benzene rings is 2. The van der Waals surface area contributed by atoms with E-state index in [0.717, 1.165) is 30.9 Å². The molecule has 22 unspecified atom stereocenters. The third kappa shape index (κ3) is 39.1. The lowest BCUT2D eigenvalue weighted by molar-refractivity contribution is -0.152. The molecule has 34 atom stereocenters. The van der Waals surface area contributed by atoms with Crippen molar-refractivity contribution in [2.24, 2.45) is 11.8 Å². The fourth-order valence-electron chi connectivity index (χ4n) is 11.1. The molecular weight excluding hydrogens is 2110 g/mol. The van der Waals surface area contributed by atoms with Crippen LogP contribution in [-0.4, -0.2) is 94.4 Å². The molecule has 0 aliphatic carbocycles. The van der Waals surface area contributed by atoms with Crippen LogP contribution in [0.5, 0.6) is 0 Å². The largest absolute Gasteiger partial charge is 0.457 e. The number of aldehydes is 1. The summed E-state index contributed by atoms with van der Waals surface area (Å²) < 4.78 is 51.5. The third-order valence-corrected chi connectivity index (χ3v) is 254. The van der Waals surface area contributed by atoms with Crippen LogP contribution in [0.4, 0.5) is 0 Å². The van der Waals surface area contributed by atoms with Crippen molar-refractivity contribution in [3.63, 3.8) is 0 Å². The Labute approximate surface area is 738 Å². The summed E-state index contributed by atoms with van der Waals surface area (Å²) in [6.45, 7) is 35.3. The fourth-order valence-corrected chi connectivity index (χ4v) is 442. The van der Waals surface area contributed by atoms with E-state index in [4.69, 9.17) is 37.3 Å². The molecule has 0 saturated carbocycles. The van der Waals surface area contributed by atoms with E-state index in [9.17, 15) is 19.5 Å². The van der Waals surface area contributed by atoms with E-state index in [-0.39, 0.29) is 190 Å². The average molecular weight is 2250 g/mol. The number of aliphatic hydroxyl groups excluding tert-OH is 1. The number of aliphatic hydroxyl groups is 1. The molecule has 636 valence electrons. The first-order chi connectivity index (χ1) is 51.3. The van der Waals surface area contributed by atoms with Gasteiger partial charge in [0.25, 0.3) is 0 Å². The van der Waals surface area contributed by atoms with E-state index in [0.29, 0.717) is 31.3 Å². The van der Waals surface area contributed by atoms with Crippen LogP contribution < -0.4 is 0 Å². The summed E-state index contributed by atoms with van der Waals surface area (Å²) in [7, 11) is 59.4. The van der Waals surface area contributed by atoms with Crippen LogP contribution in [0, 0.1) is 11.8 Å². The highest BCUT2D eigenvalue weighted by Crippen LogP contribution is 3.30. The van der Waals surface area contributed by atoms with Gasteiger partial charge in [-0.3, -0.25) is 14.4 Å². The van der Waals surface area contributed by atoms with E-state index in [1.54, 1.807) is 6.08 Å². The van der Waals surface area contributed by atoms with Gasteiger partial charge in [-0.05, 0) is 219 Å². The van der Waals surface area contributed by atoms with Gasteiger partial charge in [-0.15, -0.1) is 179 Å². The second kappa shape index (κ2) is 57.1. The molecule has 0 bridgehead atoms. The first-order valence-corrected chi connectivity index (χ1v) is 107. The molecule has 6 rings (SSSR count). The molecule has 2 saturated heterocycles. The molecule has 4 heterocycles. The van der Waals surface area contributed by atoms with E-state index in [2.05, 4.69) is 260 Å². The van der Waals surface area contributed by atoms with E-state index in [1.165, 1.54) is 6.08 Å². The van der Waals surface area contributed by atoms with Crippen molar-refractivity contribution < 1.29 is 56.8 Å². The number of ether oxygens (including phenoxy) is 6. The predicted molar refractivity (Wildman–Crippen MR) is 609 cm³/mol. The van der Waals surface area contributed by atoms with Gasteiger partial charge in [0, 0.05) is 23.0 Å². The number of carbonyl (C=O) groups excluding carboxylic acids is 3. The predicted octanol–water partition coefficient (Wildman–Crippen LogP) is 34.0. The van der Waals surface area contributed by atoms with Crippen LogP contribution in [0.2, 0.25) is 36.3 Å². The highest BCUT2D eigenvalue weighted by molar-refractivity contribution is 9.35. The van der Waals surface area contributed by atoms with Crippen molar-refractivity contribution in [1.82, 2.24) is 0 Å². The van der Waals surface area contributed by atoms with Crippen molar-refractivity contribution in [2.45, 2.75) is 218 Å². The van der Waals surface area contributed by atoms with Crippen molar-refractivity contribution in [3.8, 4) is 0 Å². The van der Waals surface area contributed by atoms with Crippen LogP contribution in [-0.2, 0) is 51.7 Å². The number of hydrogen-bond acceptors (Lipinski definition) is 12. The van der Waals surface area contributed by atoms with Crippen molar-refractivity contribution in [1.29, 1.82) is 0 Å². The first kappa shape index (κ1) is 117. The standard InChI is InChI=1S/C30H46O6Si.C30H44O6Si.H21P19.H20P18/c2*1-21-14-15-25-30(6,35-28(33-25)23-12-10-9-11-13-23)18-16-24(36-37(7,8)29(3,4)5)20-26(32)34-27(21)22(2)17-19-31;1-11-16(10)19(17(12(2)3)13(4)5)18(14(6)7)15(8)9;1-11(2)16(12(3)4)18(15(9)10)17(13(5)6)14(7)8/h9-15,17,21,24-25,27-28,31H,16,18-20H2,1-8H3;9-15,17,19,21,24-25,27-28H,16,18,20H2,1-8H3;11H,1-10H2;1-10H2/b2*15-14+,22-17+;;/t2*21-,24+,25-,27-,28-,30+;;/m00../s1. The van der Waals surface area contributed by atoms with Gasteiger partial charge in [-0.2, -0.15) is 0 Å². The zero-order valence-corrected chi connectivity index (χ0v) is 107. The highest BCUT2D eigenvalue weighted by atomic mass is 33.4. The minimum Gasteiger partial charge on any atom is -0.457 e. The van der Waals surface area contributed by atoms with Gasteiger partial charge in [-0.25, -0.2) is 0 Å². The average Bonchev–Trinajstić information content (AvgIpc) is 1.68. The van der Waals surface area contributed by atoms with Crippen LogP contribution in [0.3, 0.4) is 0 Å². The maximum absolute atomic E-state index is 13.2. The van der Waals surface area contributed by atoms with Crippen LogP contribution in [0.15, 0.2) is 108 Å². The Kier molecular flexibility index (Phi) is 60.3. The Morgan fingerprint density at radius 3 is 1.10 bits per heavy atom. The summed E-state index contributed by atoms with van der Waals surface area (Å²) >= 11 is 0. The Morgan fingerprint density at radius 1 is 0.514 bits per heavy atom. The molecule has 51 heteroatoms. The maximum atomic E-state index is 13.2. The Balaban J connectivity index is 0.000000405. The summed E-state index contributed by atoms with van der Waals surface area (Å²) in [6.07, 6.45) is 11.8. The minimum atomic E-state index is -2.15. The SMILES string of the molecule is C/C(=C\C=O)[C@H]1OC(=O)C[C@H](O[Si](C)(C)C(C)(C)C)CC[C@@]2(C)O[C@@H](c3ccccc3)O[C@H]2/C=C/[C@@H]1C.C/C(=C\CO)[C@H]1OC(=O)C[C@H](O[Si](C)(C)C(C)(C)C)CC[C@@]2(C)O[C@@H](c3ccccc3)O[C@H]2/C=C/[C@@H]1C.PP(P)P(P(P)P)P(P(P)P)P(P(P)P)P(P)P.PPP(P)P(P(P(P)P)P(P)P)P(P(P)P)P(P)P. The number of allylic oxidation sites excluding steroid dienone is 1. The smallest absolute Gasteiger partial charge is 0.308 e. The molecule has 0 amide bonds. The first-order valence-electron chi connectivity index (χ1n) is 35.0. The lowest BCUT2D eigenvalue weighted by Crippen LogP contribution is -2.45. The fraction of sp³-hybridized carbons (Fsp3) is 0.617. The number of cyclic esters (lactones) is 2. The van der Waals surface area contributed by atoms with Gasteiger partial charge in [0.05, 0.1) is 42.9 Å². The van der Waals surface area contributed by atoms with Crippen LogP contribution in [0.25, 0.3) is 0 Å². The zero-order valence-electron chi connectivity index (χ0n) is 66.7. The Morgan fingerprint density at radius 2 is 0.820 bits per heavy atom. The normalized spacial score (nSPS) is 27.0. The number of carbonyl (C=O) groups is 3. The molecule has 0 aromatic heterocycles. The highest BCUT2D eigenvalue weighted by Gasteiger charge is 2.50. The van der Waals surface area contributed by atoms with Gasteiger partial charge in [0.15, 0.2) is 29.2 Å². The molecule has 0 radical (unpaired) electrons. The third-order valence-electron chi connectivity index (χ3n) is 19.0. The molecule has 4 aliphatic rings. The maximum Gasteiger partial charge on any atom is 0.308 e. The molecule has 12 nitrogen and oxygen atoms in total. The second-order valence-corrected chi connectivity index (χ2v) is 183. The number of rotatable bonds is 25. The van der Waals surface area contributed by atoms with Crippen LogP contribution >= 0.6 is 298 Å². The molecule has 4 aliphatic heterocycles. The summed E-state index contributed by atoms with van der Waals surface area (Å²) in [5, 5.41) is 9.50. The van der Waals surface area contributed by atoms with Crippen LogP contribution in [0.1, 0.15) is 145 Å². The monoisotopic (exact) mass is 2250 g/mol. The molecule has 0 spiro atoms. The second-order valence-electron chi connectivity index (χ2n) is 29.9.